The number of ether oxygens (including phenoxy) is 3. The molecule has 3 rings (SSSR count). The third-order valence-corrected chi connectivity index (χ3v) is 3.64. The van der Waals surface area contributed by atoms with Gasteiger partial charge in [-0.15, -0.1) is 10.2 Å². The van der Waals surface area contributed by atoms with E-state index in [1.807, 2.05) is 12.1 Å². The predicted octanol–water partition coefficient (Wildman–Crippen LogP) is 4.08. The van der Waals surface area contributed by atoms with E-state index in [2.05, 4.69) is 10.2 Å². The molecule has 0 aliphatic heterocycles. The van der Waals surface area contributed by atoms with Gasteiger partial charge < -0.3 is 18.6 Å². The molecule has 1 aromatic heterocycles. The first kappa shape index (κ1) is 16.1. The van der Waals surface area contributed by atoms with Gasteiger partial charge in [0.1, 0.15) is 0 Å². The van der Waals surface area contributed by atoms with E-state index >= 15 is 0 Å². The summed E-state index contributed by atoms with van der Waals surface area (Å²) < 4.78 is 21.7. The topological polar surface area (TPSA) is 66.6 Å². The van der Waals surface area contributed by atoms with Gasteiger partial charge in [0.15, 0.2) is 11.5 Å². The summed E-state index contributed by atoms with van der Waals surface area (Å²) in [4.78, 5) is 0. The van der Waals surface area contributed by atoms with Crippen molar-refractivity contribution < 1.29 is 18.6 Å². The zero-order valence-corrected chi connectivity index (χ0v) is 14.1. The molecule has 0 aliphatic rings. The van der Waals surface area contributed by atoms with E-state index in [9.17, 15) is 0 Å². The predicted molar refractivity (Wildman–Crippen MR) is 89.8 cm³/mol. The molecule has 2 aromatic carbocycles. The van der Waals surface area contributed by atoms with Crippen LogP contribution in [0.25, 0.3) is 22.9 Å². The van der Waals surface area contributed by atoms with Gasteiger partial charge in [-0.2, -0.15) is 0 Å². The first-order valence-corrected chi connectivity index (χ1v) is 7.44. The first-order valence-electron chi connectivity index (χ1n) is 7.06. The normalized spacial score (nSPS) is 10.5. The van der Waals surface area contributed by atoms with Gasteiger partial charge in [0.2, 0.25) is 17.5 Å². The summed E-state index contributed by atoms with van der Waals surface area (Å²) in [5, 5.41) is 8.75. The molecule has 0 saturated heterocycles. The van der Waals surface area contributed by atoms with Gasteiger partial charge in [0.25, 0.3) is 0 Å². The fourth-order valence-corrected chi connectivity index (χ4v) is 2.47. The Morgan fingerprint density at radius 2 is 1.46 bits per heavy atom. The molecule has 3 aromatic rings. The summed E-state index contributed by atoms with van der Waals surface area (Å²) in [6.07, 6.45) is 0. The molecule has 24 heavy (non-hydrogen) atoms. The lowest BCUT2D eigenvalue weighted by atomic mass is 10.2. The second-order valence-corrected chi connectivity index (χ2v) is 5.27. The molecular formula is C17H15ClN2O4. The molecule has 0 amide bonds. The second-order valence-electron chi connectivity index (χ2n) is 4.84. The molecule has 0 radical (unpaired) electrons. The number of aromatic nitrogens is 2. The maximum Gasteiger partial charge on any atom is 0.248 e. The van der Waals surface area contributed by atoms with Crippen LogP contribution in [0.2, 0.25) is 5.02 Å². The summed E-state index contributed by atoms with van der Waals surface area (Å²) in [5.41, 5.74) is 1.40. The van der Waals surface area contributed by atoms with Gasteiger partial charge in [0.05, 0.1) is 21.3 Å². The fourth-order valence-electron chi connectivity index (χ4n) is 2.28. The summed E-state index contributed by atoms with van der Waals surface area (Å²) >= 11 is 5.99. The Labute approximate surface area is 143 Å². The molecule has 0 unspecified atom stereocenters. The number of methoxy groups -OCH3 is 3. The van der Waals surface area contributed by atoms with E-state index in [1.165, 1.54) is 0 Å². The number of rotatable bonds is 5. The summed E-state index contributed by atoms with van der Waals surface area (Å²) in [5.74, 6) is 2.23. The number of halogens is 1. The molecule has 6 nitrogen and oxygen atoms in total. The van der Waals surface area contributed by atoms with Gasteiger partial charge in [-0.3, -0.25) is 0 Å². The van der Waals surface area contributed by atoms with Gasteiger partial charge >= 0.3 is 0 Å². The highest BCUT2D eigenvalue weighted by atomic mass is 35.5. The Morgan fingerprint density at radius 1 is 0.833 bits per heavy atom. The molecule has 0 saturated carbocycles. The molecule has 0 spiro atoms. The van der Waals surface area contributed by atoms with Crippen molar-refractivity contribution in [1.82, 2.24) is 10.2 Å². The number of benzene rings is 2. The lowest BCUT2D eigenvalue weighted by Crippen LogP contribution is -1.95. The van der Waals surface area contributed by atoms with Crippen LogP contribution in [0.1, 0.15) is 0 Å². The Hall–Kier alpha value is -2.73. The van der Waals surface area contributed by atoms with Crippen molar-refractivity contribution in [1.29, 1.82) is 0 Å². The molecule has 0 N–H and O–H groups in total. The molecule has 0 bridgehead atoms. The van der Waals surface area contributed by atoms with Crippen LogP contribution in [0.15, 0.2) is 40.8 Å². The number of nitrogens with zero attached hydrogens (tertiary/aromatic N) is 2. The monoisotopic (exact) mass is 346 g/mol. The van der Waals surface area contributed by atoms with Crippen LogP contribution in [0.4, 0.5) is 0 Å². The van der Waals surface area contributed by atoms with Crippen molar-refractivity contribution in [3.63, 3.8) is 0 Å². The third-order valence-electron chi connectivity index (χ3n) is 3.41. The first-order chi connectivity index (χ1) is 11.7. The summed E-state index contributed by atoms with van der Waals surface area (Å²) in [6.45, 7) is 0. The summed E-state index contributed by atoms with van der Waals surface area (Å²) in [6, 6.07) is 10.7. The van der Waals surface area contributed by atoms with Crippen molar-refractivity contribution in [2.24, 2.45) is 0 Å². The Morgan fingerprint density at radius 3 is 2.00 bits per heavy atom. The number of hydrogen-bond acceptors (Lipinski definition) is 6. The average Bonchev–Trinajstić information content (AvgIpc) is 3.10. The fraction of sp³-hybridized carbons (Fsp3) is 0.176. The Kier molecular flexibility index (Phi) is 4.57. The minimum absolute atomic E-state index is 0.337. The van der Waals surface area contributed by atoms with Crippen LogP contribution in [0, 0.1) is 0 Å². The highest BCUT2D eigenvalue weighted by Gasteiger charge is 2.18. The van der Waals surface area contributed by atoms with Crippen molar-refractivity contribution in [2.45, 2.75) is 0 Å². The summed E-state index contributed by atoms with van der Waals surface area (Å²) in [7, 11) is 4.64. The van der Waals surface area contributed by atoms with E-state index in [0.29, 0.717) is 39.6 Å². The van der Waals surface area contributed by atoms with Crippen LogP contribution >= 0.6 is 11.6 Å². The van der Waals surface area contributed by atoms with E-state index in [0.717, 1.165) is 5.56 Å². The molecular weight excluding hydrogens is 332 g/mol. The Bertz CT molecular complexity index is 838. The quantitative estimate of drug-likeness (QED) is 0.693. The van der Waals surface area contributed by atoms with Crippen LogP contribution < -0.4 is 14.2 Å². The second kappa shape index (κ2) is 6.80. The third kappa shape index (κ3) is 3.00. The molecule has 1 heterocycles. The van der Waals surface area contributed by atoms with Crippen LogP contribution in [0.5, 0.6) is 17.2 Å². The van der Waals surface area contributed by atoms with Crippen molar-refractivity contribution in [3.8, 4) is 40.2 Å². The highest BCUT2D eigenvalue weighted by Crippen LogP contribution is 2.41. The standard InChI is InChI=1S/C17H15ClN2O4/c1-21-13-8-11(9-14(22-2)15(13)23-3)17-20-19-16(24-17)10-5-4-6-12(18)7-10/h4-9H,1-3H3. The molecule has 0 aliphatic carbocycles. The smallest absolute Gasteiger partial charge is 0.248 e. The maximum absolute atomic E-state index is 5.99. The van der Waals surface area contributed by atoms with E-state index < -0.39 is 0 Å². The molecule has 0 fully saturated rings. The van der Waals surface area contributed by atoms with Crippen LogP contribution in [-0.4, -0.2) is 31.5 Å². The zero-order chi connectivity index (χ0) is 17.1. The largest absolute Gasteiger partial charge is 0.493 e. The van der Waals surface area contributed by atoms with Gasteiger partial charge in [-0.25, -0.2) is 0 Å². The lowest BCUT2D eigenvalue weighted by molar-refractivity contribution is 0.324. The van der Waals surface area contributed by atoms with Gasteiger partial charge in [-0.05, 0) is 30.3 Å². The Balaban J connectivity index is 2.04. The van der Waals surface area contributed by atoms with Gasteiger partial charge in [-0.1, -0.05) is 17.7 Å². The van der Waals surface area contributed by atoms with Crippen molar-refractivity contribution in [2.75, 3.05) is 21.3 Å². The minimum Gasteiger partial charge on any atom is -0.493 e. The lowest BCUT2D eigenvalue weighted by Gasteiger charge is -2.12. The van der Waals surface area contributed by atoms with E-state index in [4.69, 9.17) is 30.2 Å². The molecule has 7 heteroatoms. The maximum atomic E-state index is 5.99. The average molecular weight is 347 g/mol. The molecule has 124 valence electrons. The van der Waals surface area contributed by atoms with Gasteiger partial charge in [0, 0.05) is 16.1 Å². The van der Waals surface area contributed by atoms with Crippen LogP contribution in [0.3, 0.4) is 0 Å². The van der Waals surface area contributed by atoms with Crippen molar-refractivity contribution >= 4 is 11.6 Å². The zero-order valence-electron chi connectivity index (χ0n) is 13.4. The number of hydrogen-bond donors (Lipinski definition) is 0. The van der Waals surface area contributed by atoms with E-state index in [-0.39, 0.29) is 0 Å². The van der Waals surface area contributed by atoms with Crippen molar-refractivity contribution in [3.05, 3.63) is 41.4 Å². The molecule has 0 atom stereocenters. The minimum atomic E-state index is 0.337. The highest BCUT2D eigenvalue weighted by molar-refractivity contribution is 6.30. The van der Waals surface area contributed by atoms with E-state index in [1.54, 1.807) is 45.6 Å². The van der Waals surface area contributed by atoms with Crippen LogP contribution in [-0.2, 0) is 0 Å². The SMILES string of the molecule is COc1cc(-c2nnc(-c3cccc(Cl)c3)o2)cc(OC)c1OC.